The molecule has 0 radical (unpaired) electrons. The largest absolute Gasteiger partial charge is 0.458 e. The standard InChI is InChI=1S/C11H12O4/c1-7(15-8(2)12)9-3-4-10-11(5-9)14-6-13-10/h3-5,7H,6H2,1-2H3/t7-/m1/s1. The van der Waals surface area contributed by atoms with Crippen molar-refractivity contribution in [1.82, 2.24) is 0 Å². The Kier molecular flexibility index (Phi) is 2.49. The molecule has 0 aromatic heterocycles. The summed E-state index contributed by atoms with van der Waals surface area (Å²) in [7, 11) is 0. The van der Waals surface area contributed by atoms with E-state index in [9.17, 15) is 4.79 Å². The molecular formula is C11H12O4. The first-order valence-corrected chi connectivity index (χ1v) is 4.73. The van der Waals surface area contributed by atoms with Crippen LogP contribution in [-0.2, 0) is 9.53 Å². The van der Waals surface area contributed by atoms with Gasteiger partial charge in [0.25, 0.3) is 0 Å². The molecule has 80 valence electrons. The van der Waals surface area contributed by atoms with Crippen LogP contribution in [0.4, 0.5) is 0 Å². The van der Waals surface area contributed by atoms with Crippen LogP contribution in [0.5, 0.6) is 11.5 Å². The van der Waals surface area contributed by atoms with Crippen molar-refractivity contribution in [3.63, 3.8) is 0 Å². The van der Waals surface area contributed by atoms with Crippen molar-refractivity contribution in [1.29, 1.82) is 0 Å². The molecule has 0 bridgehead atoms. The Morgan fingerprint density at radius 2 is 2.13 bits per heavy atom. The SMILES string of the molecule is CC(=O)O[C@H](C)c1ccc2c(c1)OCO2. The van der Waals surface area contributed by atoms with Gasteiger partial charge in [-0.25, -0.2) is 0 Å². The Bertz CT molecular complexity index is 386. The number of hydrogen-bond donors (Lipinski definition) is 0. The number of esters is 1. The lowest BCUT2D eigenvalue weighted by atomic mass is 10.1. The molecule has 0 N–H and O–H groups in total. The van der Waals surface area contributed by atoms with Crippen molar-refractivity contribution < 1.29 is 19.0 Å². The fourth-order valence-corrected chi connectivity index (χ4v) is 1.48. The van der Waals surface area contributed by atoms with E-state index in [-0.39, 0.29) is 18.9 Å². The van der Waals surface area contributed by atoms with Gasteiger partial charge in [0, 0.05) is 6.92 Å². The summed E-state index contributed by atoms with van der Waals surface area (Å²) < 4.78 is 15.5. The number of ether oxygens (including phenoxy) is 3. The Morgan fingerprint density at radius 3 is 2.87 bits per heavy atom. The average Bonchev–Trinajstić information content (AvgIpc) is 2.62. The van der Waals surface area contributed by atoms with E-state index in [1.807, 2.05) is 25.1 Å². The number of hydrogen-bond acceptors (Lipinski definition) is 4. The lowest BCUT2D eigenvalue weighted by Crippen LogP contribution is -2.04. The summed E-state index contributed by atoms with van der Waals surface area (Å²) in [6.07, 6.45) is -0.267. The molecule has 2 rings (SSSR count). The smallest absolute Gasteiger partial charge is 0.303 e. The summed E-state index contributed by atoms with van der Waals surface area (Å²) in [5, 5.41) is 0. The van der Waals surface area contributed by atoms with Gasteiger partial charge >= 0.3 is 5.97 Å². The zero-order chi connectivity index (χ0) is 10.8. The fraction of sp³-hybridized carbons (Fsp3) is 0.364. The van der Waals surface area contributed by atoms with Gasteiger partial charge < -0.3 is 14.2 Å². The maximum Gasteiger partial charge on any atom is 0.303 e. The Hall–Kier alpha value is -1.71. The molecular weight excluding hydrogens is 196 g/mol. The van der Waals surface area contributed by atoms with Gasteiger partial charge in [0.2, 0.25) is 6.79 Å². The van der Waals surface area contributed by atoms with Crippen molar-refractivity contribution in [3.8, 4) is 11.5 Å². The van der Waals surface area contributed by atoms with E-state index in [0.29, 0.717) is 5.75 Å². The predicted molar refractivity (Wildman–Crippen MR) is 52.7 cm³/mol. The third-order valence-electron chi connectivity index (χ3n) is 2.21. The monoisotopic (exact) mass is 208 g/mol. The second kappa shape index (κ2) is 3.81. The Balaban J connectivity index is 2.19. The van der Waals surface area contributed by atoms with Crippen LogP contribution in [-0.4, -0.2) is 12.8 Å². The minimum absolute atomic E-state index is 0.251. The van der Waals surface area contributed by atoms with Gasteiger partial charge in [-0.3, -0.25) is 4.79 Å². The number of carbonyl (C=O) groups is 1. The lowest BCUT2D eigenvalue weighted by molar-refractivity contribution is -0.145. The van der Waals surface area contributed by atoms with Gasteiger partial charge in [-0.1, -0.05) is 6.07 Å². The molecule has 1 aromatic carbocycles. The van der Waals surface area contributed by atoms with Crippen molar-refractivity contribution >= 4 is 5.97 Å². The molecule has 0 saturated carbocycles. The van der Waals surface area contributed by atoms with Crippen LogP contribution in [0.1, 0.15) is 25.5 Å². The van der Waals surface area contributed by atoms with Gasteiger partial charge in [-0.2, -0.15) is 0 Å². The zero-order valence-corrected chi connectivity index (χ0v) is 8.65. The second-order valence-electron chi connectivity index (χ2n) is 3.36. The number of benzene rings is 1. The first kappa shape index (κ1) is 9.83. The molecule has 0 spiro atoms. The molecule has 0 fully saturated rings. The summed E-state index contributed by atoms with van der Waals surface area (Å²) in [6.45, 7) is 3.46. The highest BCUT2D eigenvalue weighted by Gasteiger charge is 2.16. The van der Waals surface area contributed by atoms with Gasteiger partial charge in [0.05, 0.1) is 0 Å². The summed E-state index contributed by atoms with van der Waals surface area (Å²) in [5.74, 6) is 1.14. The third kappa shape index (κ3) is 2.03. The number of rotatable bonds is 2. The molecule has 1 aliphatic heterocycles. The Labute approximate surface area is 87.8 Å². The van der Waals surface area contributed by atoms with Crippen LogP contribution in [0.2, 0.25) is 0 Å². The van der Waals surface area contributed by atoms with E-state index >= 15 is 0 Å². The van der Waals surface area contributed by atoms with E-state index in [1.54, 1.807) is 0 Å². The van der Waals surface area contributed by atoms with Crippen LogP contribution < -0.4 is 9.47 Å². The summed E-state index contributed by atoms with van der Waals surface area (Å²) in [5.41, 5.74) is 0.898. The van der Waals surface area contributed by atoms with E-state index in [0.717, 1.165) is 11.3 Å². The summed E-state index contributed by atoms with van der Waals surface area (Å²) >= 11 is 0. The van der Waals surface area contributed by atoms with Crippen LogP contribution in [0.15, 0.2) is 18.2 Å². The maximum absolute atomic E-state index is 10.8. The van der Waals surface area contributed by atoms with Gasteiger partial charge in [-0.05, 0) is 24.6 Å². The van der Waals surface area contributed by atoms with Crippen LogP contribution in [0.25, 0.3) is 0 Å². The minimum atomic E-state index is -0.292. The predicted octanol–water partition coefficient (Wildman–Crippen LogP) is 2.04. The van der Waals surface area contributed by atoms with Crippen LogP contribution >= 0.6 is 0 Å². The third-order valence-corrected chi connectivity index (χ3v) is 2.21. The molecule has 0 amide bonds. The second-order valence-corrected chi connectivity index (χ2v) is 3.36. The van der Waals surface area contributed by atoms with E-state index < -0.39 is 0 Å². The topological polar surface area (TPSA) is 44.8 Å². The summed E-state index contributed by atoms with van der Waals surface area (Å²) in [6, 6.07) is 5.51. The van der Waals surface area contributed by atoms with Gasteiger partial charge in [0.15, 0.2) is 11.5 Å². The summed E-state index contributed by atoms with van der Waals surface area (Å²) in [4.78, 5) is 10.8. The van der Waals surface area contributed by atoms with E-state index in [1.165, 1.54) is 6.92 Å². The van der Waals surface area contributed by atoms with Crippen molar-refractivity contribution in [2.45, 2.75) is 20.0 Å². The molecule has 0 aliphatic carbocycles. The zero-order valence-electron chi connectivity index (χ0n) is 8.65. The first-order valence-electron chi connectivity index (χ1n) is 4.73. The normalized spacial score (nSPS) is 14.8. The molecule has 0 unspecified atom stereocenters. The molecule has 4 nitrogen and oxygen atoms in total. The fourth-order valence-electron chi connectivity index (χ4n) is 1.48. The highest BCUT2D eigenvalue weighted by molar-refractivity contribution is 5.66. The van der Waals surface area contributed by atoms with Crippen molar-refractivity contribution in [2.24, 2.45) is 0 Å². The van der Waals surface area contributed by atoms with E-state index in [2.05, 4.69) is 0 Å². The van der Waals surface area contributed by atoms with Gasteiger partial charge in [0.1, 0.15) is 6.10 Å². The van der Waals surface area contributed by atoms with Crippen LogP contribution in [0.3, 0.4) is 0 Å². The number of fused-ring (bicyclic) bond motifs is 1. The van der Waals surface area contributed by atoms with Crippen molar-refractivity contribution in [3.05, 3.63) is 23.8 Å². The molecule has 1 heterocycles. The molecule has 15 heavy (non-hydrogen) atoms. The van der Waals surface area contributed by atoms with Gasteiger partial charge in [-0.15, -0.1) is 0 Å². The minimum Gasteiger partial charge on any atom is -0.458 e. The van der Waals surface area contributed by atoms with Crippen LogP contribution in [0, 0.1) is 0 Å². The molecule has 1 atom stereocenters. The quantitative estimate of drug-likeness (QED) is 0.697. The molecule has 0 saturated heterocycles. The number of carbonyl (C=O) groups excluding carboxylic acids is 1. The highest BCUT2D eigenvalue weighted by Crippen LogP contribution is 2.34. The lowest BCUT2D eigenvalue weighted by Gasteiger charge is -2.12. The first-order chi connectivity index (χ1) is 7.16. The highest BCUT2D eigenvalue weighted by atomic mass is 16.7. The molecule has 1 aliphatic rings. The molecule has 4 heteroatoms. The molecule has 1 aromatic rings. The van der Waals surface area contributed by atoms with Crippen molar-refractivity contribution in [2.75, 3.05) is 6.79 Å². The average molecular weight is 208 g/mol. The Morgan fingerprint density at radius 1 is 1.40 bits per heavy atom. The maximum atomic E-state index is 10.8. The van der Waals surface area contributed by atoms with E-state index in [4.69, 9.17) is 14.2 Å².